The van der Waals surface area contributed by atoms with Crippen LogP contribution in [0.3, 0.4) is 0 Å². The zero-order valence-corrected chi connectivity index (χ0v) is 11.6. The molecule has 0 aromatic rings. The molecule has 16 heavy (non-hydrogen) atoms. The second-order valence-corrected chi connectivity index (χ2v) is 5.72. The van der Waals surface area contributed by atoms with E-state index in [0.29, 0.717) is 19.0 Å². The average molecular weight is 231 g/mol. The van der Waals surface area contributed by atoms with E-state index in [4.69, 9.17) is 0 Å². The number of rotatable bonds is 7. The van der Waals surface area contributed by atoms with Gasteiger partial charge >= 0.3 is 0 Å². The molecule has 0 aliphatic carbocycles. The second kappa shape index (κ2) is 6.58. The SMILES string of the molecule is CC(C)NC[C@@H](O)CC(O)(C(C)C)C(C)C. The van der Waals surface area contributed by atoms with E-state index in [1.807, 2.05) is 41.5 Å². The van der Waals surface area contributed by atoms with Crippen molar-refractivity contribution in [1.29, 1.82) is 0 Å². The molecule has 0 fully saturated rings. The van der Waals surface area contributed by atoms with Crippen molar-refractivity contribution in [2.24, 2.45) is 11.8 Å². The molecule has 0 rings (SSSR count). The first-order valence-electron chi connectivity index (χ1n) is 6.34. The second-order valence-electron chi connectivity index (χ2n) is 5.72. The molecule has 0 saturated heterocycles. The van der Waals surface area contributed by atoms with Crippen molar-refractivity contribution < 1.29 is 10.2 Å². The summed E-state index contributed by atoms with van der Waals surface area (Å²) < 4.78 is 0. The Balaban J connectivity index is 4.30. The van der Waals surface area contributed by atoms with Crippen LogP contribution >= 0.6 is 0 Å². The Bertz CT molecular complexity index is 182. The minimum absolute atomic E-state index is 0.154. The van der Waals surface area contributed by atoms with Crippen LogP contribution in [0.25, 0.3) is 0 Å². The molecule has 98 valence electrons. The van der Waals surface area contributed by atoms with Gasteiger partial charge in [0.2, 0.25) is 0 Å². The zero-order valence-electron chi connectivity index (χ0n) is 11.6. The standard InChI is InChI=1S/C13H29NO2/c1-9(2)13(16,10(3)4)7-12(15)8-14-11(5)6/h9-12,14-16H,7-8H2,1-6H3/t12-/m0/s1. The van der Waals surface area contributed by atoms with Crippen molar-refractivity contribution in [3.05, 3.63) is 0 Å². The Kier molecular flexibility index (Phi) is 6.53. The van der Waals surface area contributed by atoms with Crippen molar-refractivity contribution in [2.45, 2.75) is 65.7 Å². The Morgan fingerprint density at radius 3 is 1.75 bits per heavy atom. The number of hydrogen-bond donors (Lipinski definition) is 3. The van der Waals surface area contributed by atoms with Crippen LogP contribution in [-0.2, 0) is 0 Å². The number of nitrogens with one attached hydrogen (secondary N) is 1. The van der Waals surface area contributed by atoms with Crippen LogP contribution in [0.4, 0.5) is 0 Å². The number of hydrogen-bond acceptors (Lipinski definition) is 3. The lowest BCUT2D eigenvalue weighted by molar-refractivity contribution is -0.0797. The Labute approximate surface area is 100 Å². The van der Waals surface area contributed by atoms with Gasteiger partial charge in [0.25, 0.3) is 0 Å². The summed E-state index contributed by atoms with van der Waals surface area (Å²) >= 11 is 0. The van der Waals surface area contributed by atoms with E-state index in [1.54, 1.807) is 0 Å². The summed E-state index contributed by atoms with van der Waals surface area (Å²) in [5.41, 5.74) is -0.780. The molecule has 1 atom stereocenters. The molecule has 0 aliphatic heterocycles. The van der Waals surface area contributed by atoms with E-state index >= 15 is 0 Å². The summed E-state index contributed by atoms with van der Waals surface area (Å²) in [6, 6.07) is 0.362. The first-order chi connectivity index (χ1) is 7.20. The molecule has 0 saturated carbocycles. The van der Waals surface area contributed by atoms with E-state index in [0.717, 1.165) is 0 Å². The first-order valence-corrected chi connectivity index (χ1v) is 6.34. The number of aliphatic hydroxyl groups excluding tert-OH is 1. The van der Waals surface area contributed by atoms with E-state index < -0.39 is 11.7 Å². The Hall–Kier alpha value is -0.120. The van der Waals surface area contributed by atoms with Gasteiger partial charge in [-0.15, -0.1) is 0 Å². The van der Waals surface area contributed by atoms with Gasteiger partial charge in [0.05, 0.1) is 11.7 Å². The highest BCUT2D eigenvalue weighted by Crippen LogP contribution is 2.30. The highest BCUT2D eigenvalue weighted by molar-refractivity contribution is 4.88. The monoisotopic (exact) mass is 231 g/mol. The lowest BCUT2D eigenvalue weighted by Crippen LogP contribution is -2.46. The summed E-state index contributed by atoms with van der Waals surface area (Å²) in [5, 5.41) is 23.6. The first kappa shape index (κ1) is 15.9. The maximum atomic E-state index is 10.5. The summed E-state index contributed by atoms with van der Waals surface area (Å²) in [6.07, 6.45) is -0.0561. The van der Waals surface area contributed by atoms with Gasteiger partial charge in [-0.1, -0.05) is 41.5 Å². The third-order valence-corrected chi connectivity index (χ3v) is 3.32. The Morgan fingerprint density at radius 1 is 1.00 bits per heavy atom. The molecule has 0 aliphatic rings. The van der Waals surface area contributed by atoms with Crippen LogP contribution in [0.15, 0.2) is 0 Å². The van der Waals surface area contributed by atoms with E-state index in [9.17, 15) is 10.2 Å². The van der Waals surface area contributed by atoms with Crippen LogP contribution in [0.1, 0.15) is 48.0 Å². The minimum atomic E-state index is -0.780. The predicted octanol–water partition coefficient (Wildman–Crippen LogP) is 1.78. The van der Waals surface area contributed by atoms with Gasteiger partial charge in [-0.2, -0.15) is 0 Å². The molecule has 0 unspecified atom stereocenters. The van der Waals surface area contributed by atoms with Crippen molar-refractivity contribution in [3.8, 4) is 0 Å². The van der Waals surface area contributed by atoms with Crippen molar-refractivity contribution >= 4 is 0 Å². The van der Waals surface area contributed by atoms with Gasteiger partial charge < -0.3 is 15.5 Å². The quantitative estimate of drug-likeness (QED) is 0.626. The predicted molar refractivity (Wildman–Crippen MR) is 68.4 cm³/mol. The molecule has 0 amide bonds. The fourth-order valence-corrected chi connectivity index (χ4v) is 1.96. The van der Waals surface area contributed by atoms with Gasteiger partial charge in [-0.05, 0) is 11.8 Å². The van der Waals surface area contributed by atoms with Crippen molar-refractivity contribution in [2.75, 3.05) is 6.54 Å². The third-order valence-electron chi connectivity index (χ3n) is 3.32. The highest BCUT2D eigenvalue weighted by Gasteiger charge is 2.36. The number of aliphatic hydroxyl groups is 2. The minimum Gasteiger partial charge on any atom is -0.392 e. The molecule has 0 aromatic carbocycles. The van der Waals surface area contributed by atoms with Crippen LogP contribution in [0.5, 0.6) is 0 Å². The van der Waals surface area contributed by atoms with Crippen LogP contribution in [0.2, 0.25) is 0 Å². The summed E-state index contributed by atoms with van der Waals surface area (Å²) in [4.78, 5) is 0. The fraction of sp³-hybridized carbons (Fsp3) is 1.00. The topological polar surface area (TPSA) is 52.5 Å². The van der Waals surface area contributed by atoms with Crippen LogP contribution in [-0.4, -0.2) is 34.5 Å². The van der Waals surface area contributed by atoms with Gasteiger partial charge in [-0.25, -0.2) is 0 Å². The maximum Gasteiger partial charge on any atom is 0.0718 e. The van der Waals surface area contributed by atoms with Crippen molar-refractivity contribution in [3.63, 3.8) is 0 Å². The summed E-state index contributed by atoms with van der Waals surface area (Å²) in [7, 11) is 0. The lowest BCUT2D eigenvalue weighted by atomic mass is 9.76. The summed E-state index contributed by atoms with van der Waals surface area (Å²) in [6.45, 7) is 12.6. The van der Waals surface area contributed by atoms with Crippen LogP contribution in [0, 0.1) is 11.8 Å². The molecule has 0 radical (unpaired) electrons. The van der Waals surface area contributed by atoms with Gasteiger partial charge in [0.1, 0.15) is 0 Å². The molecule has 3 N–H and O–H groups in total. The molecular formula is C13H29NO2. The zero-order chi connectivity index (χ0) is 12.9. The normalized spacial score (nSPS) is 15.2. The average Bonchev–Trinajstić information content (AvgIpc) is 2.13. The molecule has 3 nitrogen and oxygen atoms in total. The molecular weight excluding hydrogens is 202 g/mol. The third kappa shape index (κ3) is 4.81. The van der Waals surface area contributed by atoms with E-state index in [2.05, 4.69) is 5.32 Å². The molecule has 0 bridgehead atoms. The van der Waals surface area contributed by atoms with Crippen LogP contribution < -0.4 is 5.32 Å². The van der Waals surface area contributed by atoms with Crippen molar-refractivity contribution in [1.82, 2.24) is 5.32 Å². The summed E-state index contributed by atoms with van der Waals surface area (Å²) in [5.74, 6) is 0.308. The van der Waals surface area contributed by atoms with Gasteiger partial charge in [0.15, 0.2) is 0 Å². The Morgan fingerprint density at radius 2 is 1.44 bits per heavy atom. The van der Waals surface area contributed by atoms with Gasteiger partial charge in [-0.3, -0.25) is 0 Å². The van der Waals surface area contributed by atoms with E-state index in [1.165, 1.54) is 0 Å². The van der Waals surface area contributed by atoms with E-state index in [-0.39, 0.29) is 11.8 Å². The smallest absolute Gasteiger partial charge is 0.0718 e. The highest BCUT2D eigenvalue weighted by atomic mass is 16.3. The maximum absolute atomic E-state index is 10.5. The molecule has 3 heteroatoms. The fourth-order valence-electron chi connectivity index (χ4n) is 1.96. The lowest BCUT2D eigenvalue weighted by Gasteiger charge is -2.38. The largest absolute Gasteiger partial charge is 0.392 e. The molecule has 0 aromatic heterocycles. The molecule has 0 spiro atoms. The molecule has 0 heterocycles. The van der Waals surface area contributed by atoms with Gasteiger partial charge in [0, 0.05) is 19.0 Å².